The van der Waals surface area contributed by atoms with Gasteiger partial charge >= 0.3 is 0 Å². The normalized spacial score (nSPS) is 17.7. The van der Waals surface area contributed by atoms with E-state index in [4.69, 9.17) is 0 Å². The minimum Gasteiger partial charge on any atom is -0.334 e. The highest BCUT2D eigenvalue weighted by atomic mass is 15.2. The van der Waals surface area contributed by atoms with Crippen molar-refractivity contribution in [3.8, 4) is 16.8 Å². The maximum absolute atomic E-state index is 4.21. The van der Waals surface area contributed by atoms with Gasteiger partial charge in [-0.25, -0.2) is 0 Å². The molecule has 0 spiro atoms. The summed E-state index contributed by atoms with van der Waals surface area (Å²) in [6.07, 6.45) is 11.3. The Hall–Kier alpha value is -4.56. The van der Waals surface area contributed by atoms with Crippen LogP contribution in [0.3, 0.4) is 0 Å². The van der Waals surface area contributed by atoms with Crippen LogP contribution in [0.1, 0.15) is 42.5 Å². The summed E-state index contributed by atoms with van der Waals surface area (Å²) < 4.78 is 2.48. The quantitative estimate of drug-likeness (QED) is 0.209. The van der Waals surface area contributed by atoms with Gasteiger partial charge < -0.3 is 9.47 Å². The fraction of sp³-hybridized carbons (Fsp3) is 0.135. The molecule has 7 rings (SSSR count). The summed E-state index contributed by atoms with van der Waals surface area (Å²) >= 11 is 0. The van der Waals surface area contributed by atoms with Gasteiger partial charge in [0.15, 0.2) is 0 Å². The summed E-state index contributed by atoms with van der Waals surface area (Å²) in [5.74, 6) is 0.237. The molecule has 0 amide bonds. The number of nitrogens with zero attached hydrogens (tertiary/aromatic N) is 2. The molecule has 2 unspecified atom stereocenters. The molecule has 0 N–H and O–H groups in total. The van der Waals surface area contributed by atoms with Crippen LogP contribution < -0.4 is 4.90 Å². The molecule has 4 aromatic carbocycles. The molecular formula is C37H32N2. The minimum absolute atomic E-state index is 0.208. The van der Waals surface area contributed by atoms with Crippen molar-refractivity contribution in [1.82, 2.24) is 4.57 Å². The highest BCUT2D eigenvalue weighted by molar-refractivity contribution is 5.95. The van der Waals surface area contributed by atoms with Gasteiger partial charge in [-0.05, 0) is 53.5 Å². The Kier molecular flexibility index (Phi) is 5.82. The monoisotopic (exact) mass is 504 g/mol. The van der Waals surface area contributed by atoms with E-state index in [1.807, 2.05) is 6.08 Å². The first-order chi connectivity index (χ1) is 19.3. The number of benzene rings is 4. The molecule has 1 aliphatic carbocycles. The zero-order valence-electron chi connectivity index (χ0n) is 22.3. The average molecular weight is 505 g/mol. The molecule has 1 aliphatic heterocycles. The summed E-state index contributed by atoms with van der Waals surface area (Å²) in [5, 5.41) is 1.32. The lowest BCUT2D eigenvalue weighted by atomic mass is 9.82. The Morgan fingerprint density at radius 1 is 0.821 bits per heavy atom. The van der Waals surface area contributed by atoms with Gasteiger partial charge in [-0.2, -0.15) is 0 Å². The van der Waals surface area contributed by atoms with E-state index in [2.05, 4.69) is 144 Å². The zero-order chi connectivity index (χ0) is 26.3. The van der Waals surface area contributed by atoms with Crippen molar-refractivity contribution in [1.29, 1.82) is 0 Å². The fourth-order valence-corrected chi connectivity index (χ4v) is 6.63. The van der Waals surface area contributed by atoms with Crippen molar-refractivity contribution in [2.45, 2.75) is 31.7 Å². The second-order valence-electron chi connectivity index (χ2n) is 10.4. The lowest BCUT2D eigenvalue weighted by molar-refractivity contribution is 0.710. The molecule has 0 saturated heterocycles. The van der Waals surface area contributed by atoms with E-state index in [9.17, 15) is 0 Å². The maximum atomic E-state index is 4.21. The Balaban J connectivity index is 1.49. The van der Waals surface area contributed by atoms with Crippen molar-refractivity contribution in [2.75, 3.05) is 4.90 Å². The van der Waals surface area contributed by atoms with E-state index < -0.39 is 0 Å². The van der Waals surface area contributed by atoms with E-state index in [0.717, 1.165) is 12.8 Å². The van der Waals surface area contributed by atoms with Crippen LogP contribution in [-0.2, 0) is 0 Å². The minimum atomic E-state index is 0.208. The molecule has 2 heterocycles. The van der Waals surface area contributed by atoms with Gasteiger partial charge in [-0.3, -0.25) is 0 Å². The van der Waals surface area contributed by atoms with Crippen LogP contribution in [0.5, 0.6) is 0 Å². The molecule has 39 heavy (non-hydrogen) atoms. The van der Waals surface area contributed by atoms with E-state index in [1.54, 1.807) is 0 Å². The summed E-state index contributed by atoms with van der Waals surface area (Å²) in [7, 11) is 0. The number of unbranched alkanes of at least 4 members (excludes halogenated alkanes) is 1. The molecule has 0 fully saturated rings. The third-order valence-corrected chi connectivity index (χ3v) is 8.24. The summed E-state index contributed by atoms with van der Waals surface area (Å²) in [6.45, 7) is 6.44. The molecule has 2 heteroatoms. The van der Waals surface area contributed by atoms with Gasteiger partial charge in [-0.15, -0.1) is 0 Å². The number of anilines is 1. The van der Waals surface area contributed by atoms with E-state index in [-0.39, 0.29) is 12.0 Å². The van der Waals surface area contributed by atoms with Gasteiger partial charge in [0.1, 0.15) is 0 Å². The highest BCUT2D eigenvalue weighted by Gasteiger charge is 2.43. The van der Waals surface area contributed by atoms with Crippen LogP contribution in [0.15, 0.2) is 134 Å². The number of fused-ring (bicyclic) bond motifs is 7. The van der Waals surface area contributed by atoms with E-state index >= 15 is 0 Å². The SMILES string of the molecule is C=C/C(=C\CCC)N1c2ccccc2C2c3c(n(-c4ccccc4-c4ccccc4)c4ccccc34)C=CC21. The second-order valence-corrected chi connectivity index (χ2v) is 10.4. The lowest BCUT2D eigenvalue weighted by Gasteiger charge is -2.32. The lowest BCUT2D eigenvalue weighted by Crippen LogP contribution is -2.33. The van der Waals surface area contributed by atoms with Crippen molar-refractivity contribution in [3.63, 3.8) is 0 Å². The van der Waals surface area contributed by atoms with Gasteiger partial charge in [0.25, 0.3) is 0 Å². The Morgan fingerprint density at radius 2 is 1.54 bits per heavy atom. The van der Waals surface area contributed by atoms with Gasteiger partial charge in [-0.1, -0.05) is 117 Å². The molecule has 1 aromatic heterocycles. The summed E-state index contributed by atoms with van der Waals surface area (Å²) in [6, 6.07) is 37.6. The topological polar surface area (TPSA) is 8.17 Å². The molecule has 2 nitrogen and oxygen atoms in total. The van der Waals surface area contributed by atoms with Crippen LogP contribution in [0.4, 0.5) is 5.69 Å². The second kappa shape index (κ2) is 9.63. The maximum Gasteiger partial charge on any atom is 0.0637 e. The Bertz CT molecular complexity index is 1750. The molecule has 2 aliphatic rings. The molecule has 190 valence electrons. The molecule has 2 atom stereocenters. The number of hydrogen-bond acceptors (Lipinski definition) is 1. The van der Waals surface area contributed by atoms with E-state index in [0.29, 0.717) is 0 Å². The first-order valence-corrected chi connectivity index (χ1v) is 14.0. The number of aromatic nitrogens is 1. The van der Waals surface area contributed by atoms with Gasteiger partial charge in [0.05, 0.1) is 22.9 Å². The fourth-order valence-electron chi connectivity index (χ4n) is 6.63. The third-order valence-electron chi connectivity index (χ3n) is 8.24. The molecule has 5 aromatic rings. The standard InChI is InChI=1S/C37H32N2/c1-3-5-17-27(4-2)38-32-22-13-10-19-29(32)36-34(38)24-25-35-37(36)30-20-11-14-23-33(30)39(35)31-21-12-9-18-28(31)26-15-7-6-8-16-26/h4,6-25,34,36H,2-3,5H2,1H3/b27-17+. The van der Waals surface area contributed by atoms with Gasteiger partial charge in [0, 0.05) is 28.3 Å². The van der Waals surface area contributed by atoms with Crippen molar-refractivity contribution in [3.05, 3.63) is 150 Å². The van der Waals surface area contributed by atoms with Crippen LogP contribution in [0, 0.1) is 0 Å². The molecule has 0 radical (unpaired) electrons. The smallest absolute Gasteiger partial charge is 0.0637 e. The van der Waals surface area contributed by atoms with Crippen LogP contribution in [0.2, 0.25) is 0 Å². The predicted molar refractivity (Wildman–Crippen MR) is 165 cm³/mol. The predicted octanol–water partition coefficient (Wildman–Crippen LogP) is 9.51. The average Bonchev–Trinajstić information content (AvgIpc) is 3.51. The highest BCUT2D eigenvalue weighted by Crippen LogP contribution is 2.53. The van der Waals surface area contributed by atoms with Crippen LogP contribution in [-0.4, -0.2) is 10.6 Å². The van der Waals surface area contributed by atoms with Crippen molar-refractivity contribution in [2.24, 2.45) is 0 Å². The number of rotatable bonds is 6. The van der Waals surface area contributed by atoms with Gasteiger partial charge in [0.2, 0.25) is 0 Å². The summed E-state index contributed by atoms with van der Waals surface area (Å²) in [4.78, 5) is 2.51. The van der Waals surface area contributed by atoms with Crippen molar-refractivity contribution >= 4 is 22.7 Å². The summed E-state index contributed by atoms with van der Waals surface area (Å²) in [5.41, 5.74) is 11.5. The van der Waals surface area contributed by atoms with E-state index in [1.165, 1.54) is 55.9 Å². The number of allylic oxidation sites excluding steroid dienone is 2. The number of para-hydroxylation sites is 3. The molecule has 0 bridgehead atoms. The molecule has 0 saturated carbocycles. The first-order valence-electron chi connectivity index (χ1n) is 14.0. The van der Waals surface area contributed by atoms with Crippen LogP contribution >= 0.6 is 0 Å². The Morgan fingerprint density at radius 3 is 2.36 bits per heavy atom. The van der Waals surface area contributed by atoms with Crippen LogP contribution in [0.25, 0.3) is 33.8 Å². The largest absolute Gasteiger partial charge is 0.334 e. The zero-order valence-corrected chi connectivity index (χ0v) is 22.3. The van der Waals surface area contributed by atoms with Crippen molar-refractivity contribution < 1.29 is 0 Å². The third kappa shape index (κ3) is 3.63. The molecular weight excluding hydrogens is 472 g/mol. The number of hydrogen-bond donors (Lipinski definition) is 0. The first kappa shape index (κ1) is 23.5. The Labute approximate surface area is 230 Å².